The summed E-state index contributed by atoms with van der Waals surface area (Å²) in [6, 6.07) is 11.8. The quantitative estimate of drug-likeness (QED) is 0.433. The molecule has 0 unspecified atom stereocenters. The van der Waals surface area contributed by atoms with Gasteiger partial charge in [0.15, 0.2) is 17.2 Å². The van der Waals surface area contributed by atoms with Gasteiger partial charge in [-0.1, -0.05) is 12.1 Å². The van der Waals surface area contributed by atoms with Crippen molar-refractivity contribution in [3.05, 3.63) is 60.6 Å². The summed E-state index contributed by atoms with van der Waals surface area (Å²) in [5, 5.41) is 10.9. The Hall–Kier alpha value is -3.91. The summed E-state index contributed by atoms with van der Waals surface area (Å²) in [6.45, 7) is 1.84. The number of nitrogens with zero attached hydrogens (tertiary/aromatic N) is 5. The molecule has 0 spiro atoms. The first kappa shape index (κ1) is 17.0. The van der Waals surface area contributed by atoms with Gasteiger partial charge in [-0.2, -0.15) is 5.10 Å². The van der Waals surface area contributed by atoms with Crippen molar-refractivity contribution in [2.75, 3.05) is 13.1 Å². The zero-order chi connectivity index (χ0) is 19.9. The molecule has 0 amide bonds. The summed E-state index contributed by atoms with van der Waals surface area (Å²) in [6.07, 6.45) is 6.70. The zero-order valence-corrected chi connectivity index (χ0v) is 16.1. The van der Waals surface area contributed by atoms with Crippen LogP contribution in [-0.2, 0) is 0 Å². The highest BCUT2D eigenvalue weighted by Crippen LogP contribution is 2.30. The van der Waals surface area contributed by atoms with Crippen molar-refractivity contribution in [1.82, 2.24) is 40.4 Å². The lowest BCUT2D eigenvalue weighted by Crippen LogP contribution is -2.20. The van der Waals surface area contributed by atoms with Gasteiger partial charge in [-0.25, -0.2) is 15.0 Å². The third-order valence-corrected chi connectivity index (χ3v) is 5.35. The Labute approximate surface area is 171 Å². The average molecular weight is 394 g/mol. The van der Waals surface area contributed by atoms with Crippen LogP contribution in [0.1, 0.15) is 12.1 Å². The number of rotatable bonds is 3. The van der Waals surface area contributed by atoms with Gasteiger partial charge in [-0.15, -0.1) is 0 Å². The Kier molecular flexibility index (Phi) is 3.88. The molecule has 0 bridgehead atoms. The van der Waals surface area contributed by atoms with Crippen molar-refractivity contribution in [3.8, 4) is 22.8 Å². The number of aromatic amines is 2. The van der Waals surface area contributed by atoms with E-state index in [-0.39, 0.29) is 0 Å². The van der Waals surface area contributed by atoms with E-state index in [1.165, 1.54) is 5.57 Å². The van der Waals surface area contributed by atoms with Crippen LogP contribution in [0.4, 0.5) is 0 Å². The minimum absolute atomic E-state index is 0.635. The molecule has 0 atom stereocenters. The van der Waals surface area contributed by atoms with Crippen LogP contribution in [-0.4, -0.2) is 48.2 Å². The molecule has 0 saturated heterocycles. The van der Waals surface area contributed by atoms with E-state index in [0.29, 0.717) is 17.2 Å². The van der Waals surface area contributed by atoms with Gasteiger partial charge in [0.05, 0.1) is 16.9 Å². The Bertz CT molecular complexity index is 1400. The number of imidazole rings is 1. The normalized spacial score (nSPS) is 14.3. The lowest BCUT2D eigenvalue weighted by molar-refractivity contribution is 0.737. The van der Waals surface area contributed by atoms with E-state index in [0.717, 1.165) is 53.0 Å². The van der Waals surface area contributed by atoms with E-state index in [1.54, 1.807) is 12.4 Å². The number of hydrogen-bond donors (Lipinski definition) is 3. The van der Waals surface area contributed by atoms with Crippen molar-refractivity contribution >= 4 is 27.8 Å². The topological polar surface area (TPSA) is 108 Å². The molecule has 0 radical (unpaired) electrons. The molecule has 8 heteroatoms. The van der Waals surface area contributed by atoms with Crippen LogP contribution in [0, 0.1) is 0 Å². The maximum atomic E-state index is 4.90. The van der Waals surface area contributed by atoms with E-state index >= 15 is 0 Å². The monoisotopic (exact) mass is 394 g/mol. The minimum Gasteiger partial charge on any atom is -0.321 e. The minimum atomic E-state index is 0.635. The number of pyridine rings is 3. The van der Waals surface area contributed by atoms with Gasteiger partial charge >= 0.3 is 0 Å². The first-order valence-electron chi connectivity index (χ1n) is 9.88. The molecule has 5 aromatic heterocycles. The second-order valence-electron chi connectivity index (χ2n) is 7.20. The molecule has 1 aliphatic rings. The third-order valence-electron chi connectivity index (χ3n) is 5.35. The molecule has 3 N–H and O–H groups in total. The third kappa shape index (κ3) is 2.77. The van der Waals surface area contributed by atoms with Crippen molar-refractivity contribution in [1.29, 1.82) is 0 Å². The largest absolute Gasteiger partial charge is 0.321 e. The maximum Gasteiger partial charge on any atom is 0.162 e. The van der Waals surface area contributed by atoms with Crippen LogP contribution in [0.15, 0.2) is 54.9 Å². The Morgan fingerprint density at radius 1 is 0.867 bits per heavy atom. The zero-order valence-electron chi connectivity index (χ0n) is 16.1. The molecule has 30 heavy (non-hydrogen) atoms. The number of hydrogen-bond acceptors (Lipinski definition) is 6. The van der Waals surface area contributed by atoms with Crippen molar-refractivity contribution in [3.63, 3.8) is 0 Å². The molecule has 0 aliphatic carbocycles. The Balaban J connectivity index is 1.50. The average Bonchev–Trinajstić information content (AvgIpc) is 3.43. The lowest BCUT2D eigenvalue weighted by Gasteiger charge is -2.13. The summed E-state index contributed by atoms with van der Waals surface area (Å²) in [7, 11) is 0. The molecule has 1 aliphatic heterocycles. The van der Waals surface area contributed by atoms with Crippen LogP contribution in [0.5, 0.6) is 0 Å². The standard InChI is InChI=1S/C22H18N8/c1-2-9-24-16(3-1)14-8-12-25-21-18(14)27-22(28-21)20-19-17(29-30-20)5-4-15(26-19)13-6-10-23-11-7-13/h1-6,8-9,12,23H,7,10-11H2,(H,29,30)(H,25,27,28). The second-order valence-corrected chi connectivity index (χ2v) is 7.20. The summed E-state index contributed by atoms with van der Waals surface area (Å²) in [5.41, 5.74) is 7.84. The molecule has 0 fully saturated rings. The summed E-state index contributed by atoms with van der Waals surface area (Å²) < 4.78 is 0. The van der Waals surface area contributed by atoms with Gasteiger partial charge in [-0.3, -0.25) is 10.1 Å². The molecule has 6 heterocycles. The van der Waals surface area contributed by atoms with E-state index in [4.69, 9.17) is 9.97 Å². The highest BCUT2D eigenvalue weighted by atomic mass is 15.2. The predicted octanol–water partition coefficient (Wildman–Crippen LogP) is 3.33. The van der Waals surface area contributed by atoms with E-state index in [1.807, 2.05) is 36.4 Å². The van der Waals surface area contributed by atoms with E-state index in [9.17, 15) is 0 Å². The number of fused-ring (bicyclic) bond motifs is 2. The SMILES string of the molecule is C1=C(c2ccc3[nH]nc(-c4nc5c(-c6ccccn6)ccnc5[nH]4)c3n2)CCNC1. The summed E-state index contributed by atoms with van der Waals surface area (Å²) in [5.74, 6) is 0.635. The fourth-order valence-corrected chi connectivity index (χ4v) is 3.85. The smallest absolute Gasteiger partial charge is 0.162 e. The van der Waals surface area contributed by atoms with Crippen LogP contribution < -0.4 is 5.32 Å². The number of aromatic nitrogens is 7. The lowest BCUT2D eigenvalue weighted by atomic mass is 10.1. The summed E-state index contributed by atoms with van der Waals surface area (Å²) in [4.78, 5) is 21.9. The van der Waals surface area contributed by atoms with Crippen molar-refractivity contribution in [2.24, 2.45) is 0 Å². The summed E-state index contributed by atoms with van der Waals surface area (Å²) >= 11 is 0. The first-order chi connectivity index (χ1) is 14.9. The van der Waals surface area contributed by atoms with Crippen molar-refractivity contribution in [2.45, 2.75) is 6.42 Å². The Morgan fingerprint density at radius 2 is 1.87 bits per heavy atom. The van der Waals surface area contributed by atoms with Gasteiger partial charge in [0.25, 0.3) is 0 Å². The molecule has 0 aromatic carbocycles. The number of nitrogens with one attached hydrogen (secondary N) is 3. The van der Waals surface area contributed by atoms with Gasteiger partial charge in [0, 0.05) is 24.5 Å². The fourth-order valence-electron chi connectivity index (χ4n) is 3.85. The van der Waals surface area contributed by atoms with Gasteiger partial charge < -0.3 is 10.3 Å². The Morgan fingerprint density at radius 3 is 2.73 bits per heavy atom. The van der Waals surface area contributed by atoms with Gasteiger partial charge in [0.2, 0.25) is 0 Å². The molecule has 146 valence electrons. The van der Waals surface area contributed by atoms with E-state index < -0.39 is 0 Å². The van der Waals surface area contributed by atoms with Crippen molar-refractivity contribution < 1.29 is 0 Å². The molecule has 8 nitrogen and oxygen atoms in total. The molecular weight excluding hydrogens is 376 g/mol. The molecular formula is C22H18N8. The van der Waals surface area contributed by atoms with E-state index in [2.05, 4.69) is 36.5 Å². The maximum absolute atomic E-state index is 4.90. The molecule has 6 rings (SSSR count). The van der Waals surface area contributed by atoms with Crippen LogP contribution >= 0.6 is 0 Å². The predicted molar refractivity (Wildman–Crippen MR) is 115 cm³/mol. The molecule has 5 aromatic rings. The van der Waals surface area contributed by atoms with Crippen LogP contribution in [0.25, 0.3) is 50.5 Å². The second kappa shape index (κ2) is 6.85. The highest BCUT2D eigenvalue weighted by Gasteiger charge is 2.18. The number of H-pyrrole nitrogens is 2. The van der Waals surface area contributed by atoms with Gasteiger partial charge in [-0.05, 0) is 48.9 Å². The molecule has 0 saturated carbocycles. The highest BCUT2D eigenvalue weighted by molar-refractivity contribution is 5.94. The first-order valence-corrected chi connectivity index (χ1v) is 9.88. The van der Waals surface area contributed by atoms with Crippen LogP contribution in [0.2, 0.25) is 0 Å². The fraction of sp³-hybridized carbons (Fsp3) is 0.136. The van der Waals surface area contributed by atoms with Crippen LogP contribution in [0.3, 0.4) is 0 Å². The van der Waals surface area contributed by atoms with Gasteiger partial charge in [0.1, 0.15) is 11.0 Å².